The average molecular weight is 654 g/mol. The fraction of sp³-hybridized carbons (Fsp3) is 0. The second-order valence-electron chi connectivity index (χ2n) is 12.9. The SMILES string of the molecule is c1ccc(-c2ccc(N(c3ccc4ccccc4c3)c3ccc(-c4ccccc4)c4sc5c6ccccc6c6ccccc6c5c34)cc2)cc1. The first-order chi connectivity index (χ1) is 24.8. The molecule has 0 aliphatic rings. The zero-order valence-electron chi connectivity index (χ0n) is 27.3. The molecule has 0 amide bonds. The van der Waals surface area contributed by atoms with Crippen LogP contribution in [0.5, 0.6) is 0 Å². The van der Waals surface area contributed by atoms with E-state index in [-0.39, 0.29) is 0 Å². The van der Waals surface area contributed by atoms with Crippen LogP contribution in [0.15, 0.2) is 188 Å². The summed E-state index contributed by atoms with van der Waals surface area (Å²) in [6.07, 6.45) is 0. The average Bonchev–Trinajstić information content (AvgIpc) is 3.61. The van der Waals surface area contributed by atoms with E-state index < -0.39 is 0 Å². The van der Waals surface area contributed by atoms with Gasteiger partial charge in [0.25, 0.3) is 0 Å². The Labute approximate surface area is 294 Å². The van der Waals surface area contributed by atoms with Gasteiger partial charge in [0.05, 0.1) is 5.69 Å². The number of anilines is 3. The predicted octanol–water partition coefficient (Wildman–Crippen LogP) is 14.3. The van der Waals surface area contributed by atoms with Crippen molar-refractivity contribution in [3.63, 3.8) is 0 Å². The van der Waals surface area contributed by atoms with Crippen LogP contribution in [0.3, 0.4) is 0 Å². The van der Waals surface area contributed by atoms with Crippen molar-refractivity contribution in [3.05, 3.63) is 188 Å². The Hall–Kier alpha value is -6.22. The Balaban J connectivity index is 1.33. The Bertz CT molecular complexity index is 2850. The van der Waals surface area contributed by atoms with Crippen LogP contribution >= 0.6 is 11.3 Å². The molecule has 0 atom stereocenters. The first-order valence-electron chi connectivity index (χ1n) is 17.1. The van der Waals surface area contributed by atoms with Gasteiger partial charge in [-0.3, -0.25) is 0 Å². The molecule has 0 unspecified atom stereocenters. The van der Waals surface area contributed by atoms with Gasteiger partial charge in [-0.2, -0.15) is 0 Å². The fourth-order valence-corrected chi connectivity index (χ4v) is 9.10. The molecule has 1 nitrogen and oxygen atoms in total. The maximum Gasteiger partial charge on any atom is 0.0555 e. The third-order valence-electron chi connectivity index (χ3n) is 10.0. The lowest BCUT2D eigenvalue weighted by atomic mass is 9.94. The highest BCUT2D eigenvalue weighted by Gasteiger charge is 2.24. The van der Waals surface area contributed by atoms with Gasteiger partial charge in [0.2, 0.25) is 0 Å². The number of fused-ring (bicyclic) bond motifs is 9. The molecule has 0 N–H and O–H groups in total. The van der Waals surface area contributed by atoms with E-state index in [1.165, 1.54) is 80.4 Å². The quantitative estimate of drug-likeness (QED) is 0.167. The van der Waals surface area contributed by atoms with Gasteiger partial charge in [-0.15, -0.1) is 11.3 Å². The van der Waals surface area contributed by atoms with Crippen LogP contribution in [0.4, 0.5) is 17.1 Å². The Kier molecular flexibility index (Phi) is 6.75. The molecule has 50 heavy (non-hydrogen) atoms. The molecule has 0 aliphatic heterocycles. The van der Waals surface area contributed by atoms with Crippen molar-refractivity contribution in [2.24, 2.45) is 0 Å². The molecule has 0 saturated heterocycles. The topological polar surface area (TPSA) is 3.24 Å². The van der Waals surface area contributed by atoms with Crippen molar-refractivity contribution >= 4 is 80.9 Å². The van der Waals surface area contributed by atoms with Crippen LogP contribution in [-0.4, -0.2) is 0 Å². The fourth-order valence-electron chi connectivity index (χ4n) is 7.69. The number of rotatable bonds is 5. The minimum absolute atomic E-state index is 1.12. The minimum Gasteiger partial charge on any atom is -0.310 e. The van der Waals surface area contributed by atoms with Crippen molar-refractivity contribution in [2.45, 2.75) is 0 Å². The van der Waals surface area contributed by atoms with E-state index >= 15 is 0 Å². The maximum atomic E-state index is 2.47. The highest BCUT2D eigenvalue weighted by atomic mass is 32.1. The summed E-state index contributed by atoms with van der Waals surface area (Å²) in [6.45, 7) is 0. The first-order valence-corrected chi connectivity index (χ1v) is 17.9. The van der Waals surface area contributed by atoms with Gasteiger partial charge in [0, 0.05) is 36.9 Å². The summed E-state index contributed by atoms with van der Waals surface area (Å²) in [5.74, 6) is 0. The van der Waals surface area contributed by atoms with Gasteiger partial charge in [-0.25, -0.2) is 0 Å². The van der Waals surface area contributed by atoms with Crippen LogP contribution < -0.4 is 4.90 Å². The molecule has 2 heteroatoms. The molecule has 0 aliphatic carbocycles. The minimum atomic E-state index is 1.12. The lowest BCUT2D eigenvalue weighted by Crippen LogP contribution is -2.10. The van der Waals surface area contributed by atoms with E-state index in [0.29, 0.717) is 0 Å². The predicted molar refractivity (Wildman–Crippen MR) is 217 cm³/mol. The maximum absolute atomic E-state index is 2.47. The van der Waals surface area contributed by atoms with Crippen molar-refractivity contribution in [2.75, 3.05) is 4.90 Å². The largest absolute Gasteiger partial charge is 0.310 e. The molecule has 0 saturated carbocycles. The van der Waals surface area contributed by atoms with Crippen molar-refractivity contribution < 1.29 is 0 Å². The third kappa shape index (κ3) is 4.61. The lowest BCUT2D eigenvalue weighted by molar-refractivity contribution is 1.31. The smallest absolute Gasteiger partial charge is 0.0555 e. The van der Waals surface area contributed by atoms with Crippen LogP contribution in [0.2, 0.25) is 0 Å². The van der Waals surface area contributed by atoms with E-state index in [2.05, 4.69) is 193 Å². The Morgan fingerprint density at radius 3 is 1.64 bits per heavy atom. The molecule has 0 fully saturated rings. The highest BCUT2D eigenvalue weighted by molar-refractivity contribution is 7.27. The molecular formula is C48H31NS. The number of thiophene rings is 1. The van der Waals surface area contributed by atoms with Crippen LogP contribution in [0.1, 0.15) is 0 Å². The van der Waals surface area contributed by atoms with Gasteiger partial charge >= 0.3 is 0 Å². The van der Waals surface area contributed by atoms with Gasteiger partial charge in [0.1, 0.15) is 0 Å². The van der Waals surface area contributed by atoms with E-state index in [4.69, 9.17) is 0 Å². The Morgan fingerprint density at radius 1 is 0.340 bits per heavy atom. The van der Waals surface area contributed by atoms with Gasteiger partial charge in [-0.05, 0) is 79.5 Å². The zero-order chi connectivity index (χ0) is 33.0. The second kappa shape index (κ2) is 11.7. The van der Waals surface area contributed by atoms with Crippen molar-refractivity contribution in [1.82, 2.24) is 0 Å². The normalized spacial score (nSPS) is 11.6. The number of hydrogen-bond acceptors (Lipinski definition) is 2. The van der Waals surface area contributed by atoms with E-state index in [1.807, 2.05) is 11.3 Å². The number of benzene rings is 9. The number of hydrogen-bond donors (Lipinski definition) is 0. The summed E-state index contributed by atoms with van der Waals surface area (Å²) in [7, 11) is 0. The summed E-state index contributed by atoms with van der Waals surface area (Å²) in [5, 5.41) is 10.2. The molecule has 0 radical (unpaired) electrons. The standard InChI is InChI=1S/C48H31NS/c1-3-13-32(14-4-1)34-23-26-37(27-24-34)49(38-28-25-33-15-7-8-18-36(33)31-38)44-30-29-39(35-16-5-2-6-17-35)47-46(44)45-42-21-11-9-19-40(42)41-20-10-12-22-43(41)48(45)50-47/h1-31H. The highest BCUT2D eigenvalue weighted by Crippen LogP contribution is 2.52. The second-order valence-corrected chi connectivity index (χ2v) is 13.9. The van der Waals surface area contributed by atoms with Gasteiger partial charge in [-0.1, -0.05) is 158 Å². The van der Waals surface area contributed by atoms with Gasteiger partial charge in [0.15, 0.2) is 0 Å². The zero-order valence-corrected chi connectivity index (χ0v) is 28.1. The molecule has 1 heterocycles. The Morgan fingerprint density at radius 2 is 0.900 bits per heavy atom. The third-order valence-corrected chi connectivity index (χ3v) is 11.3. The summed E-state index contributed by atoms with van der Waals surface area (Å²) in [6, 6.07) is 68.6. The van der Waals surface area contributed by atoms with Crippen LogP contribution in [-0.2, 0) is 0 Å². The summed E-state index contributed by atoms with van der Waals surface area (Å²) in [5.41, 5.74) is 8.34. The van der Waals surface area contributed by atoms with E-state index in [0.717, 1.165) is 11.4 Å². The van der Waals surface area contributed by atoms with Gasteiger partial charge < -0.3 is 4.90 Å². The molecule has 234 valence electrons. The van der Waals surface area contributed by atoms with E-state index in [1.54, 1.807) is 0 Å². The molecule has 10 aromatic rings. The summed E-state index contributed by atoms with van der Waals surface area (Å²) >= 11 is 1.93. The molecule has 10 rings (SSSR count). The molecule has 0 bridgehead atoms. The molecule has 0 spiro atoms. The number of nitrogens with zero attached hydrogens (tertiary/aromatic N) is 1. The first kappa shape index (κ1) is 28.8. The summed E-state index contributed by atoms with van der Waals surface area (Å²) in [4.78, 5) is 2.47. The molecule has 9 aromatic carbocycles. The van der Waals surface area contributed by atoms with Crippen LogP contribution in [0.25, 0.3) is 74.7 Å². The lowest BCUT2D eigenvalue weighted by Gasteiger charge is -2.27. The summed E-state index contributed by atoms with van der Waals surface area (Å²) < 4.78 is 2.63. The van der Waals surface area contributed by atoms with Crippen molar-refractivity contribution in [3.8, 4) is 22.3 Å². The molecular weight excluding hydrogens is 623 g/mol. The molecule has 1 aromatic heterocycles. The van der Waals surface area contributed by atoms with Crippen LogP contribution in [0, 0.1) is 0 Å². The monoisotopic (exact) mass is 653 g/mol. The van der Waals surface area contributed by atoms with Crippen molar-refractivity contribution in [1.29, 1.82) is 0 Å². The van der Waals surface area contributed by atoms with E-state index in [9.17, 15) is 0 Å².